The van der Waals surface area contributed by atoms with Crippen molar-refractivity contribution in [2.24, 2.45) is 5.73 Å². The van der Waals surface area contributed by atoms with Gasteiger partial charge in [-0.15, -0.1) is 0 Å². The zero-order valence-electron chi connectivity index (χ0n) is 13.7. The van der Waals surface area contributed by atoms with Gasteiger partial charge in [-0.3, -0.25) is 14.9 Å². The highest BCUT2D eigenvalue weighted by molar-refractivity contribution is 5.92. The standard InChI is InChI=1S/C16H21N5O3/c1-3-16(4-2,11-17)18-15(22)14-9-10-20(19-14)12-5-7-13(8-6-12)21(23)24/h5-10H,3-4,11,17H2,1-2H3,(H,18,22). The van der Waals surface area contributed by atoms with E-state index in [0.717, 1.165) is 12.8 Å². The number of hydrogen-bond donors (Lipinski definition) is 2. The molecule has 0 aliphatic carbocycles. The van der Waals surface area contributed by atoms with Crippen LogP contribution in [0.3, 0.4) is 0 Å². The number of benzene rings is 1. The lowest BCUT2D eigenvalue weighted by molar-refractivity contribution is -0.384. The van der Waals surface area contributed by atoms with Gasteiger partial charge in [-0.05, 0) is 31.0 Å². The van der Waals surface area contributed by atoms with Crippen LogP contribution in [0, 0.1) is 10.1 Å². The Bertz CT molecular complexity index is 711. The Morgan fingerprint density at radius 3 is 2.42 bits per heavy atom. The van der Waals surface area contributed by atoms with E-state index < -0.39 is 10.5 Å². The van der Waals surface area contributed by atoms with Crippen LogP contribution in [0.4, 0.5) is 5.69 Å². The summed E-state index contributed by atoms with van der Waals surface area (Å²) in [6.45, 7) is 4.31. The molecule has 0 fully saturated rings. The summed E-state index contributed by atoms with van der Waals surface area (Å²) in [5, 5.41) is 17.9. The SMILES string of the molecule is CCC(CC)(CN)NC(=O)c1ccn(-c2ccc([N+](=O)[O-])cc2)n1. The van der Waals surface area contributed by atoms with Crippen LogP contribution in [0.1, 0.15) is 37.2 Å². The highest BCUT2D eigenvalue weighted by atomic mass is 16.6. The Kier molecular flexibility index (Phi) is 5.30. The minimum atomic E-state index is -0.465. The lowest BCUT2D eigenvalue weighted by Gasteiger charge is -2.31. The quantitative estimate of drug-likeness (QED) is 0.595. The molecular formula is C16H21N5O3. The number of hydrogen-bond acceptors (Lipinski definition) is 5. The molecule has 0 bridgehead atoms. The molecule has 0 saturated heterocycles. The molecule has 0 spiro atoms. The summed E-state index contributed by atoms with van der Waals surface area (Å²) < 4.78 is 1.50. The molecule has 8 heteroatoms. The number of nitrogens with two attached hydrogens (primary N) is 1. The van der Waals surface area contributed by atoms with Crippen molar-refractivity contribution in [3.63, 3.8) is 0 Å². The third-order valence-corrected chi connectivity index (χ3v) is 4.27. The van der Waals surface area contributed by atoms with Gasteiger partial charge >= 0.3 is 0 Å². The first-order valence-electron chi connectivity index (χ1n) is 7.77. The Morgan fingerprint density at radius 2 is 1.92 bits per heavy atom. The predicted molar refractivity (Wildman–Crippen MR) is 90.1 cm³/mol. The highest BCUT2D eigenvalue weighted by Crippen LogP contribution is 2.16. The van der Waals surface area contributed by atoms with Gasteiger partial charge in [0.2, 0.25) is 0 Å². The average Bonchev–Trinajstić information content (AvgIpc) is 3.10. The zero-order valence-corrected chi connectivity index (χ0v) is 13.7. The van der Waals surface area contributed by atoms with Crippen LogP contribution in [0.15, 0.2) is 36.5 Å². The molecule has 0 aliphatic heterocycles. The molecule has 0 radical (unpaired) electrons. The van der Waals surface area contributed by atoms with Crippen LogP contribution in [0.25, 0.3) is 5.69 Å². The Balaban J connectivity index is 2.18. The van der Waals surface area contributed by atoms with Crippen molar-refractivity contribution in [1.82, 2.24) is 15.1 Å². The zero-order chi connectivity index (χ0) is 17.7. The van der Waals surface area contributed by atoms with Crippen molar-refractivity contribution in [3.05, 3.63) is 52.3 Å². The fraction of sp³-hybridized carbons (Fsp3) is 0.375. The molecule has 1 heterocycles. The topological polar surface area (TPSA) is 116 Å². The first kappa shape index (κ1) is 17.6. The second kappa shape index (κ2) is 7.22. The highest BCUT2D eigenvalue weighted by Gasteiger charge is 2.27. The van der Waals surface area contributed by atoms with E-state index in [-0.39, 0.29) is 17.3 Å². The van der Waals surface area contributed by atoms with Gasteiger partial charge in [0.15, 0.2) is 5.69 Å². The van der Waals surface area contributed by atoms with Crippen molar-refractivity contribution in [2.75, 3.05) is 6.54 Å². The molecule has 24 heavy (non-hydrogen) atoms. The molecule has 0 atom stereocenters. The fourth-order valence-electron chi connectivity index (χ4n) is 2.39. The van der Waals surface area contributed by atoms with E-state index >= 15 is 0 Å². The maximum atomic E-state index is 12.4. The number of rotatable bonds is 7. The Morgan fingerprint density at radius 1 is 1.29 bits per heavy atom. The molecule has 1 aromatic heterocycles. The molecule has 0 saturated carbocycles. The van der Waals surface area contributed by atoms with E-state index in [1.54, 1.807) is 24.4 Å². The van der Waals surface area contributed by atoms with Gasteiger partial charge in [0.1, 0.15) is 0 Å². The van der Waals surface area contributed by atoms with E-state index in [1.165, 1.54) is 16.8 Å². The molecule has 0 unspecified atom stereocenters. The van der Waals surface area contributed by atoms with Crippen molar-refractivity contribution >= 4 is 11.6 Å². The van der Waals surface area contributed by atoms with Gasteiger partial charge in [0.25, 0.3) is 11.6 Å². The van der Waals surface area contributed by atoms with Crippen LogP contribution in [0.2, 0.25) is 0 Å². The van der Waals surface area contributed by atoms with Crippen LogP contribution < -0.4 is 11.1 Å². The van der Waals surface area contributed by atoms with Crippen molar-refractivity contribution in [3.8, 4) is 5.69 Å². The Labute approximate surface area is 139 Å². The van der Waals surface area contributed by atoms with Gasteiger partial charge in [-0.25, -0.2) is 4.68 Å². The molecule has 0 aliphatic rings. The van der Waals surface area contributed by atoms with E-state index in [0.29, 0.717) is 12.2 Å². The number of aromatic nitrogens is 2. The third-order valence-electron chi connectivity index (χ3n) is 4.27. The summed E-state index contributed by atoms with van der Waals surface area (Å²) in [5.74, 6) is -0.287. The number of nitro groups is 1. The molecule has 8 nitrogen and oxygen atoms in total. The lowest BCUT2D eigenvalue weighted by Crippen LogP contribution is -2.53. The van der Waals surface area contributed by atoms with Gasteiger partial charge in [0, 0.05) is 24.9 Å². The number of carbonyl (C=O) groups is 1. The number of amides is 1. The second-order valence-corrected chi connectivity index (χ2v) is 5.56. The minimum Gasteiger partial charge on any atom is -0.344 e. The average molecular weight is 331 g/mol. The smallest absolute Gasteiger partial charge is 0.272 e. The molecule has 2 rings (SSSR count). The van der Waals surface area contributed by atoms with Crippen LogP contribution in [-0.2, 0) is 0 Å². The normalized spacial score (nSPS) is 11.3. The maximum Gasteiger partial charge on any atom is 0.272 e. The number of non-ortho nitro benzene ring substituents is 1. The molecule has 1 amide bonds. The summed E-state index contributed by atoms with van der Waals surface area (Å²) in [4.78, 5) is 22.6. The molecule has 3 N–H and O–H groups in total. The van der Waals surface area contributed by atoms with Crippen molar-refractivity contribution in [1.29, 1.82) is 0 Å². The van der Waals surface area contributed by atoms with Crippen LogP contribution in [0.5, 0.6) is 0 Å². The van der Waals surface area contributed by atoms with E-state index in [2.05, 4.69) is 10.4 Å². The molecular weight excluding hydrogens is 310 g/mol. The van der Waals surface area contributed by atoms with Gasteiger partial charge in [-0.2, -0.15) is 5.10 Å². The van der Waals surface area contributed by atoms with Gasteiger partial charge in [0.05, 0.1) is 16.1 Å². The summed E-state index contributed by atoms with van der Waals surface area (Å²) >= 11 is 0. The van der Waals surface area contributed by atoms with Gasteiger partial charge in [-0.1, -0.05) is 13.8 Å². The van der Waals surface area contributed by atoms with E-state index in [9.17, 15) is 14.9 Å². The second-order valence-electron chi connectivity index (χ2n) is 5.56. The Hall–Kier alpha value is -2.74. The van der Waals surface area contributed by atoms with E-state index in [4.69, 9.17) is 5.73 Å². The first-order chi connectivity index (χ1) is 11.4. The summed E-state index contributed by atoms with van der Waals surface area (Å²) in [7, 11) is 0. The van der Waals surface area contributed by atoms with E-state index in [1.807, 2.05) is 13.8 Å². The van der Waals surface area contributed by atoms with Gasteiger partial charge < -0.3 is 11.1 Å². The monoisotopic (exact) mass is 331 g/mol. The van der Waals surface area contributed by atoms with Crippen LogP contribution >= 0.6 is 0 Å². The number of nitro benzene ring substituents is 1. The summed E-state index contributed by atoms with van der Waals surface area (Å²) in [5.41, 5.74) is 6.27. The van der Waals surface area contributed by atoms with Crippen molar-refractivity contribution in [2.45, 2.75) is 32.2 Å². The fourth-order valence-corrected chi connectivity index (χ4v) is 2.39. The number of nitrogens with zero attached hydrogens (tertiary/aromatic N) is 3. The minimum absolute atomic E-state index is 0.00231. The number of carbonyl (C=O) groups excluding carboxylic acids is 1. The maximum absolute atomic E-state index is 12.4. The third kappa shape index (κ3) is 3.60. The summed E-state index contributed by atoms with van der Waals surface area (Å²) in [6.07, 6.45) is 3.10. The first-order valence-corrected chi connectivity index (χ1v) is 7.77. The molecule has 2 aromatic rings. The van der Waals surface area contributed by atoms with Crippen molar-refractivity contribution < 1.29 is 9.72 Å². The van der Waals surface area contributed by atoms with Crippen LogP contribution in [-0.4, -0.2) is 32.7 Å². The molecule has 1 aromatic carbocycles. The molecule has 128 valence electrons. The lowest BCUT2D eigenvalue weighted by atomic mass is 9.93. The largest absolute Gasteiger partial charge is 0.344 e. The summed E-state index contributed by atoms with van der Waals surface area (Å²) in [6, 6.07) is 7.54. The number of nitrogens with one attached hydrogen (secondary N) is 1. The predicted octanol–water partition coefficient (Wildman–Crippen LogP) is 2.03.